The Bertz CT molecular complexity index is 941. The van der Waals surface area contributed by atoms with E-state index >= 15 is 0 Å². The zero-order chi connectivity index (χ0) is 20.9. The molecule has 0 saturated heterocycles. The number of benzene rings is 2. The molecule has 0 bridgehead atoms. The molecule has 2 N–H and O–H groups in total. The molecule has 0 aromatic heterocycles. The summed E-state index contributed by atoms with van der Waals surface area (Å²) in [5, 5.41) is 2.85. The van der Waals surface area contributed by atoms with Gasteiger partial charge in [-0.25, -0.2) is 13.1 Å². The molecule has 6 nitrogen and oxygen atoms in total. The number of aryl methyl sites for hydroxylation is 1. The molecule has 2 aromatic carbocycles. The van der Waals surface area contributed by atoms with Crippen LogP contribution in [0.1, 0.15) is 53.8 Å². The monoisotopic (exact) mass is 416 g/mol. The Kier molecular flexibility index (Phi) is 7.05. The number of ether oxygens (including phenoxy) is 1. The van der Waals surface area contributed by atoms with E-state index in [-0.39, 0.29) is 22.9 Å². The molecule has 2 aromatic rings. The smallest absolute Gasteiger partial charge is 0.251 e. The Balaban J connectivity index is 1.49. The maximum absolute atomic E-state index is 12.5. The Morgan fingerprint density at radius 1 is 1.17 bits per heavy atom. The van der Waals surface area contributed by atoms with Crippen molar-refractivity contribution in [2.45, 2.75) is 50.2 Å². The predicted octanol–water partition coefficient (Wildman–Crippen LogP) is 3.33. The van der Waals surface area contributed by atoms with E-state index in [9.17, 15) is 13.2 Å². The van der Waals surface area contributed by atoms with E-state index in [1.54, 1.807) is 13.0 Å². The lowest BCUT2D eigenvalue weighted by Crippen LogP contribution is -2.28. The summed E-state index contributed by atoms with van der Waals surface area (Å²) in [4.78, 5) is 12.7. The van der Waals surface area contributed by atoms with Crippen molar-refractivity contribution in [1.82, 2.24) is 10.0 Å². The molecule has 0 aliphatic heterocycles. The van der Waals surface area contributed by atoms with Gasteiger partial charge in [-0.1, -0.05) is 36.4 Å². The molecule has 1 atom stereocenters. The van der Waals surface area contributed by atoms with E-state index in [4.69, 9.17) is 4.74 Å². The van der Waals surface area contributed by atoms with Gasteiger partial charge in [-0.05, 0) is 56.4 Å². The molecular weight excluding hydrogens is 388 g/mol. The predicted molar refractivity (Wildman–Crippen MR) is 112 cm³/mol. The van der Waals surface area contributed by atoms with Crippen LogP contribution in [0.5, 0.6) is 0 Å². The molecular formula is C22H28N2O4S. The number of nitrogens with one attached hydrogen (secondary N) is 2. The van der Waals surface area contributed by atoms with Crippen LogP contribution in [0.25, 0.3) is 0 Å². The van der Waals surface area contributed by atoms with Crippen molar-refractivity contribution in [2.75, 3.05) is 13.2 Å². The zero-order valence-corrected chi connectivity index (χ0v) is 17.7. The lowest BCUT2D eigenvalue weighted by Gasteiger charge is -2.14. The third-order valence-corrected chi connectivity index (χ3v) is 6.42. The average Bonchev–Trinajstić information content (AvgIpc) is 3.51. The lowest BCUT2D eigenvalue weighted by atomic mass is 10.1. The van der Waals surface area contributed by atoms with E-state index in [0.29, 0.717) is 25.1 Å². The summed E-state index contributed by atoms with van der Waals surface area (Å²) in [6, 6.07) is 14.6. The van der Waals surface area contributed by atoms with Crippen molar-refractivity contribution in [1.29, 1.82) is 0 Å². The van der Waals surface area contributed by atoms with Gasteiger partial charge in [0.2, 0.25) is 10.0 Å². The fourth-order valence-corrected chi connectivity index (χ4v) is 4.28. The van der Waals surface area contributed by atoms with Crippen LogP contribution >= 0.6 is 0 Å². The number of carbonyl (C=O) groups excluding carboxylic acids is 1. The second-order valence-electron chi connectivity index (χ2n) is 7.41. The van der Waals surface area contributed by atoms with E-state index in [2.05, 4.69) is 10.0 Å². The van der Waals surface area contributed by atoms with Gasteiger partial charge < -0.3 is 10.1 Å². The first-order chi connectivity index (χ1) is 13.9. The Morgan fingerprint density at radius 2 is 1.90 bits per heavy atom. The minimum absolute atomic E-state index is 0.00463. The van der Waals surface area contributed by atoms with Gasteiger partial charge in [0.15, 0.2) is 0 Å². The Morgan fingerprint density at radius 3 is 2.59 bits per heavy atom. The van der Waals surface area contributed by atoms with E-state index < -0.39 is 10.0 Å². The summed E-state index contributed by atoms with van der Waals surface area (Å²) in [6.45, 7) is 4.77. The van der Waals surface area contributed by atoms with Crippen molar-refractivity contribution in [2.24, 2.45) is 0 Å². The Hall–Kier alpha value is -2.22. The van der Waals surface area contributed by atoms with Crippen LogP contribution in [0.15, 0.2) is 53.4 Å². The van der Waals surface area contributed by atoms with Crippen molar-refractivity contribution < 1.29 is 17.9 Å². The van der Waals surface area contributed by atoms with Crippen LogP contribution in [-0.4, -0.2) is 33.5 Å². The maximum Gasteiger partial charge on any atom is 0.251 e. The van der Waals surface area contributed by atoms with Crippen LogP contribution in [0.2, 0.25) is 0 Å². The van der Waals surface area contributed by atoms with Gasteiger partial charge in [0.05, 0.1) is 11.0 Å². The first-order valence-corrected chi connectivity index (χ1v) is 11.4. The first-order valence-electron chi connectivity index (χ1n) is 9.94. The summed E-state index contributed by atoms with van der Waals surface area (Å²) in [6.07, 6.45) is 2.39. The lowest BCUT2D eigenvalue weighted by molar-refractivity contribution is 0.0635. The van der Waals surface area contributed by atoms with Crippen LogP contribution in [0, 0.1) is 6.92 Å². The molecule has 3 rings (SSSR count). The number of hydrogen-bond donors (Lipinski definition) is 2. The minimum Gasteiger partial charge on any atom is -0.374 e. The van der Waals surface area contributed by atoms with Gasteiger partial charge in [0, 0.05) is 24.8 Å². The van der Waals surface area contributed by atoms with Gasteiger partial charge >= 0.3 is 0 Å². The fraction of sp³-hybridized carbons (Fsp3) is 0.409. The number of carbonyl (C=O) groups is 1. The SMILES string of the molecule is Cc1ccc(S(=O)(=O)NC2CC2)cc1C(=O)NCCCOC(C)c1ccccc1. The molecule has 1 aliphatic rings. The summed E-state index contributed by atoms with van der Waals surface area (Å²) in [5.41, 5.74) is 2.23. The molecule has 29 heavy (non-hydrogen) atoms. The highest BCUT2D eigenvalue weighted by Crippen LogP contribution is 2.23. The van der Waals surface area contributed by atoms with Crippen molar-refractivity contribution >= 4 is 15.9 Å². The summed E-state index contributed by atoms with van der Waals surface area (Å²) < 4.78 is 33.2. The Labute approximate surface area is 172 Å². The average molecular weight is 417 g/mol. The standard InChI is InChI=1S/C22H28N2O4S/c1-16-9-12-20(29(26,27)24-19-10-11-19)15-21(16)22(25)23-13-6-14-28-17(2)18-7-4-3-5-8-18/h3-5,7-9,12,15,17,19,24H,6,10-11,13-14H2,1-2H3,(H,23,25). The molecule has 1 aliphatic carbocycles. The quantitative estimate of drug-likeness (QED) is 0.582. The molecule has 0 heterocycles. The van der Waals surface area contributed by atoms with E-state index in [1.807, 2.05) is 37.3 Å². The molecule has 1 fully saturated rings. The van der Waals surface area contributed by atoms with Gasteiger partial charge in [-0.3, -0.25) is 4.79 Å². The molecule has 1 saturated carbocycles. The van der Waals surface area contributed by atoms with E-state index in [1.165, 1.54) is 12.1 Å². The van der Waals surface area contributed by atoms with Gasteiger partial charge in [0.25, 0.3) is 5.91 Å². The third-order valence-electron chi connectivity index (χ3n) is 4.91. The largest absolute Gasteiger partial charge is 0.374 e. The molecule has 1 unspecified atom stereocenters. The number of rotatable bonds is 10. The topological polar surface area (TPSA) is 84.5 Å². The normalized spacial score (nSPS) is 15.1. The van der Waals surface area contributed by atoms with Crippen molar-refractivity contribution in [3.63, 3.8) is 0 Å². The third kappa shape index (κ3) is 6.13. The van der Waals surface area contributed by atoms with Gasteiger partial charge in [-0.15, -0.1) is 0 Å². The van der Waals surface area contributed by atoms with Gasteiger partial charge in [0.1, 0.15) is 0 Å². The van der Waals surface area contributed by atoms with Crippen LogP contribution < -0.4 is 10.0 Å². The molecule has 1 amide bonds. The van der Waals surface area contributed by atoms with Crippen molar-refractivity contribution in [3.8, 4) is 0 Å². The van der Waals surface area contributed by atoms with E-state index in [0.717, 1.165) is 24.0 Å². The molecule has 0 radical (unpaired) electrons. The summed E-state index contributed by atoms with van der Waals surface area (Å²) in [7, 11) is -3.58. The molecule has 0 spiro atoms. The van der Waals surface area contributed by atoms with Crippen LogP contribution in [-0.2, 0) is 14.8 Å². The second-order valence-corrected chi connectivity index (χ2v) is 9.12. The summed E-state index contributed by atoms with van der Waals surface area (Å²) in [5.74, 6) is -0.276. The van der Waals surface area contributed by atoms with Crippen molar-refractivity contribution in [3.05, 3.63) is 65.2 Å². The highest BCUT2D eigenvalue weighted by atomic mass is 32.2. The number of sulfonamides is 1. The fourth-order valence-electron chi connectivity index (χ4n) is 2.95. The molecule has 7 heteroatoms. The van der Waals surface area contributed by atoms with Crippen LogP contribution in [0.4, 0.5) is 0 Å². The first kappa shape index (κ1) is 21.5. The highest BCUT2D eigenvalue weighted by Gasteiger charge is 2.28. The minimum atomic E-state index is -3.58. The maximum atomic E-state index is 12.5. The summed E-state index contributed by atoms with van der Waals surface area (Å²) >= 11 is 0. The number of hydrogen-bond acceptors (Lipinski definition) is 4. The molecule has 156 valence electrons. The van der Waals surface area contributed by atoms with Crippen LogP contribution in [0.3, 0.4) is 0 Å². The van der Waals surface area contributed by atoms with Gasteiger partial charge in [-0.2, -0.15) is 0 Å². The number of amides is 1. The highest BCUT2D eigenvalue weighted by molar-refractivity contribution is 7.89. The zero-order valence-electron chi connectivity index (χ0n) is 16.9. The second kappa shape index (κ2) is 9.52.